The summed E-state index contributed by atoms with van der Waals surface area (Å²) in [6.45, 7) is 8.50. The van der Waals surface area contributed by atoms with Gasteiger partial charge < -0.3 is 0 Å². The highest BCUT2D eigenvalue weighted by molar-refractivity contribution is 5.42. The van der Waals surface area contributed by atoms with Crippen LogP contribution in [0.4, 0.5) is 0 Å². The van der Waals surface area contributed by atoms with Gasteiger partial charge in [-0.15, -0.1) is 0 Å². The number of aryl methyl sites for hydroxylation is 3. The highest BCUT2D eigenvalue weighted by atomic mass is 15.2. The average molecular weight is 242 g/mol. The molecule has 1 aromatic carbocycles. The topological polar surface area (TPSA) is 27.0 Å². The van der Waals surface area contributed by atoms with E-state index in [9.17, 15) is 5.26 Å². The summed E-state index contributed by atoms with van der Waals surface area (Å²) in [4.78, 5) is 2.34. The second kappa shape index (κ2) is 5.54. The number of hydrogen-bond acceptors (Lipinski definition) is 2. The summed E-state index contributed by atoms with van der Waals surface area (Å²) in [5.74, 6) is 0. The van der Waals surface area contributed by atoms with Gasteiger partial charge in [-0.2, -0.15) is 5.26 Å². The zero-order valence-electron chi connectivity index (χ0n) is 11.7. The van der Waals surface area contributed by atoms with Crippen molar-refractivity contribution >= 4 is 0 Å². The molecule has 1 aliphatic rings. The number of nitrogens with zero attached hydrogens (tertiary/aromatic N) is 2. The Kier molecular flexibility index (Phi) is 4.04. The largest absolute Gasteiger partial charge is 0.284 e. The van der Waals surface area contributed by atoms with Crippen LogP contribution in [0, 0.1) is 32.1 Å². The molecule has 0 spiro atoms. The fourth-order valence-electron chi connectivity index (χ4n) is 3.13. The lowest BCUT2D eigenvalue weighted by atomic mass is 9.93. The van der Waals surface area contributed by atoms with E-state index >= 15 is 0 Å². The fraction of sp³-hybridized carbons (Fsp3) is 0.562. The summed E-state index contributed by atoms with van der Waals surface area (Å²) < 4.78 is 0. The summed E-state index contributed by atoms with van der Waals surface area (Å²) in [5.41, 5.74) is 5.02. The zero-order valence-corrected chi connectivity index (χ0v) is 11.7. The number of rotatable bonds is 2. The Hall–Kier alpha value is -1.33. The number of nitriles is 1. The van der Waals surface area contributed by atoms with Crippen LogP contribution in [0.2, 0.25) is 0 Å². The van der Waals surface area contributed by atoms with E-state index < -0.39 is 0 Å². The lowest BCUT2D eigenvalue weighted by Crippen LogP contribution is -2.33. The van der Waals surface area contributed by atoms with Gasteiger partial charge in [-0.25, -0.2) is 0 Å². The van der Waals surface area contributed by atoms with Gasteiger partial charge in [-0.1, -0.05) is 24.1 Å². The van der Waals surface area contributed by atoms with Crippen LogP contribution in [0.5, 0.6) is 0 Å². The maximum absolute atomic E-state index is 9.56. The van der Waals surface area contributed by atoms with E-state index in [2.05, 4.69) is 43.9 Å². The van der Waals surface area contributed by atoms with Gasteiger partial charge in [0.05, 0.1) is 6.07 Å². The van der Waals surface area contributed by atoms with Crippen LogP contribution >= 0.6 is 0 Å². The number of hydrogen-bond donors (Lipinski definition) is 0. The predicted octanol–water partition coefficient (Wildman–Crippen LogP) is 3.66. The summed E-state index contributed by atoms with van der Waals surface area (Å²) in [5, 5.41) is 9.56. The Morgan fingerprint density at radius 3 is 2.11 bits per heavy atom. The predicted molar refractivity (Wildman–Crippen MR) is 74.4 cm³/mol. The minimum atomic E-state index is -0.0640. The van der Waals surface area contributed by atoms with Crippen LogP contribution in [-0.2, 0) is 0 Å². The standard InChI is InChI=1S/C16H22N2/c1-12-9-13(2)16(14(3)10-12)15(11-17)18-7-5-4-6-8-18/h9-10,15H,4-8H2,1-3H3. The van der Waals surface area contributed by atoms with Crippen LogP contribution in [0.15, 0.2) is 12.1 Å². The van der Waals surface area contributed by atoms with E-state index in [4.69, 9.17) is 0 Å². The third-order valence-electron chi connectivity index (χ3n) is 3.89. The van der Waals surface area contributed by atoms with E-state index in [1.807, 2.05) is 0 Å². The van der Waals surface area contributed by atoms with Crippen molar-refractivity contribution < 1.29 is 0 Å². The van der Waals surface area contributed by atoms with Crippen LogP contribution in [0.3, 0.4) is 0 Å². The van der Waals surface area contributed by atoms with E-state index in [0.717, 1.165) is 13.1 Å². The fourth-order valence-corrected chi connectivity index (χ4v) is 3.13. The molecule has 1 heterocycles. The van der Waals surface area contributed by atoms with Crippen LogP contribution in [0.25, 0.3) is 0 Å². The van der Waals surface area contributed by atoms with Crippen molar-refractivity contribution in [1.82, 2.24) is 4.90 Å². The Labute approximate surface area is 110 Å². The number of likely N-dealkylation sites (tertiary alicyclic amines) is 1. The van der Waals surface area contributed by atoms with Crippen molar-refractivity contribution in [3.05, 3.63) is 34.4 Å². The first kappa shape index (κ1) is 13.1. The van der Waals surface area contributed by atoms with Crippen molar-refractivity contribution in [2.75, 3.05) is 13.1 Å². The van der Waals surface area contributed by atoms with Gasteiger partial charge in [0, 0.05) is 0 Å². The molecule has 1 saturated heterocycles. The maximum atomic E-state index is 9.56. The monoisotopic (exact) mass is 242 g/mol. The number of piperidine rings is 1. The molecular weight excluding hydrogens is 220 g/mol. The quantitative estimate of drug-likeness (QED) is 0.791. The van der Waals surface area contributed by atoms with Crippen molar-refractivity contribution in [2.45, 2.75) is 46.1 Å². The first-order valence-corrected chi connectivity index (χ1v) is 6.85. The van der Waals surface area contributed by atoms with E-state index in [1.165, 1.54) is 41.5 Å². The van der Waals surface area contributed by atoms with E-state index in [1.54, 1.807) is 0 Å². The van der Waals surface area contributed by atoms with Crippen LogP contribution < -0.4 is 0 Å². The molecule has 1 fully saturated rings. The summed E-state index contributed by atoms with van der Waals surface area (Å²) >= 11 is 0. The molecule has 2 rings (SSSR count). The van der Waals surface area contributed by atoms with Crippen molar-refractivity contribution in [3.8, 4) is 6.07 Å². The highest BCUT2D eigenvalue weighted by Gasteiger charge is 2.24. The molecule has 1 aliphatic heterocycles. The molecule has 18 heavy (non-hydrogen) atoms. The van der Waals surface area contributed by atoms with Gasteiger partial charge in [0.2, 0.25) is 0 Å². The van der Waals surface area contributed by atoms with Crippen LogP contribution in [-0.4, -0.2) is 18.0 Å². The molecule has 0 amide bonds. The first-order valence-electron chi connectivity index (χ1n) is 6.85. The van der Waals surface area contributed by atoms with Gasteiger partial charge >= 0.3 is 0 Å². The third kappa shape index (κ3) is 2.57. The van der Waals surface area contributed by atoms with Gasteiger partial charge in [0.1, 0.15) is 6.04 Å². The first-order chi connectivity index (χ1) is 8.63. The molecule has 0 saturated carbocycles. The second-order valence-corrected chi connectivity index (χ2v) is 5.44. The lowest BCUT2D eigenvalue weighted by Gasteiger charge is -2.32. The van der Waals surface area contributed by atoms with Crippen molar-refractivity contribution in [2.24, 2.45) is 0 Å². The van der Waals surface area contributed by atoms with Gasteiger partial charge in [-0.05, 0) is 63.4 Å². The molecule has 1 unspecified atom stereocenters. The molecule has 0 radical (unpaired) electrons. The average Bonchev–Trinajstić information content (AvgIpc) is 2.34. The second-order valence-electron chi connectivity index (χ2n) is 5.44. The van der Waals surface area contributed by atoms with Crippen molar-refractivity contribution in [1.29, 1.82) is 5.26 Å². The molecular formula is C16H22N2. The SMILES string of the molecule is Cc1cc(C)c(C(C#N)N2CCCCC2)c(C)c1. The molecule has 0 bridgehead atoms. The van der Waals surface area contributed by atoms with Gasteiger partial charge in [-0.3, -0.25) is 4.90 Å². The molecule has 1 atom stereocenters. The molecule has 96 valence electrons. The van der Waals surface area contributed by atoms with E-state index in [0.29, 0.717) is 0 Å². The van der Waals surface area contributed by atoms with Gasteiger partial charge in [0.25, 0.3) is 0 Å². The zero-order chi connectivity index (χ0) is 13.1. The molecule has 0 aromatic heterocycles. The maximum Gasteiger partial charge on any atom is 0.124 e. The molecule has 1 aromatic rings. The summed E-state index contributed by atoms with van der Waals surface area (Å²) in [6, 6.07) is 6.83. The van der Waals surface area contributed by atoms with Crippen molar-refractivity contribution in [3.63, 3.8) is 0 Å². The summed E-state index contributed by atoms with van der Waals surface area (Å²) in [6.07, 6.45) is 3.75. The Bertz CT molecular complexity index is 441. The Morgan fingerprint density at radius 2 is 1.61 bits per heavy atom. The minimum Gasteiger partial charge on any atom is -0.284 e. The molecule has 0 N–H and O–H groups in total. The highest BCUT2D eigenvalue weighted by Crippen LogP contribution is 2.29. The van der Waals surface area contributed by atoms with E-state index in [-0.39, 0.29) is 6.04 Å². The Morgan fingerprint density at radius 1 is 1.06 bits per heavy atom. The van der Waals surface area contributed by atoms with Crippen LogP contribution in [0.1, 0.15) is 47.6 Å². The summed E-state index contributed by atoms with van der Waals surface area (Å²) in [7, 11) is 0. The normalized spacial score (nSPS) is 18.3. The smallest absolute Gasteiger partial charge is 0.124 e. The minimum absolute atomic E-state index is 0.0640. The molecule has 0 aliphatic carbocycles. The lowest BCUT2D eigenvalue weighted by molar-refractivity contribution is 0.195. The molecule has 2 heteroatoms. The third-order valence-corrected chi connectivity index (χ3v) is 3.89. The number of benzene rings is 1. The van der Waals surface area contributed by atoms with Gasteiger partial charge in [0.15, 0.2) is 0 Å². The Balaban J connectivity index is 2.36. The molecule has 2 nitrogen and oxygen atoms in total.